The number of nitrogens with one attached hydrogen (secondary N) is 2. The second-order valence-electron chi connectivity index (χ2n) is 7.31. The number of carbonyl (C=O) groups is 1. The van der Waals surface area contributed by atoms with Gasteiger partial charge < -0.3 is 15.4 Å². The maximum absolute atomic E-state index is 12.7. The average Bonchev–Trinajstić information content (AvgIpc) is 2.65. The second-order valence-corrected chi connectivity index (χ2v) is 7.31. The van der Waals surface area contributed by atoms with Crippen molar-refractivity contribution in [2.75, 3.05) is 10.6 Å². The summed E-state index contributed by atoms with van der Waals surface area (Å²) < 4.78 is 5.62. The van der Waals surface area contributed by atoms with Gasteiger partial charge in [-0.25, -0.2) is 9.97 Å². The van der Waals surface area contributed by atoms with Gasteiger partial charge in [-0.15, -0.1) is 0 Å². The summed E-state index contributed by atoms with van der Waals surface area (Å²) in [7, 11) is 0. The van der Waals surface area contributed by atoms with Crippen molar-refractivity contribution >= 4 is 23.2 Å². The number of rotatable bonds is 6. The Balaban J connectivity index is 1.76. The Bertz CT molecular complexity index is 1010. The molecule has 0 aliphatic carbocycles. The van der Waals surface area contributed by atoms with Gasteiger partial charge in [0.05, 0.1) is 6.10 Å². The third-order valence-corrected chi connectivity index (χ3v) is 4.21. The van der Waals surface area contributed by atoms with Gasteiger partial charge in [-0.3, -0.25) is 4.79 Å². The van der Waals surface area contributed by atoms with E-state index < -0.39 is 0 Å². The number of hydrogen-bond donors (Lipinski definition) is 2. The molecule has 0 unspecified atom stereocenters. The zero-order valence-corrected chi connectivity index (χ0v) is 17.4. The van der Waals surface area contributed by atoms with Gasteiger partial charge in [-0.2, -0.15) is 0 Å². The van der Waals surface area contributed by atoms with Crippen LogP contribution in [0.15, 0.2) is 48.5 Å². The van der Waals surface area contributed by atoms with E-state index in [9.17, 15) is 4.79 Å². The Morgan fingerprint density at radius 2 is 1.69 bits per heavy atom. The maximum atomic E-state index is 12.7. The third-order valence-electron chi connectivity index (χ3n) is 4.21. The molecule has 3 rings (SSSR count). The van der Waals surface area contributed by atoms with Gasteiger partial charge in [0.1, 0.15) is 11.4 Å². The molecule has 0 radical (unpaired) electrons. The molecule has 0 saturated carbocycles. The van der Waals surface area contributed by atoms with Crippen LogP contribution in [0.4, 0.5) is 17.3 Å². The molecule has 6 heteroatoms. The zero-order valence-electron chi connectivity index (χ0n) is 17.4. The average molecular weight is 390 g/mol. The number of anilines is 3. The summed E-state index contributed by atoms with van der Waals surface area (Å²) in [5, 5.41) is 6.08. The highest BCUT2D eigenvalue weighted by Crippen LogP contribution is 2.21. The molecule has 0 fully saturated rings. The van der Waals surface area contributed by atoms with Crippen LogP contribution in [0.5, 0.6) is 5.75 Å². The highest BCUT2D eigenvalue weighted by molar-refractivity contribution is 6.03. The van der Waals surface area contributed by atoms with Crippen LogP contribution in [-0.4, -0.2) is 22.0 Å². The van der Waals surface area contributed by atoms with Gasteiger partial charge in [0.15, 0.2) is 0 Å². The summed E-state index contributed by atoms with van der Waals surface area (Å²) in [5.74, 6) is 0.859. The Morgan fingerprint density at radius 1 is 0.966 bits per heavy atom. The molecule has 0 bridgehead atoms. The molecule has 0 aliphatic rings. The minimum Gasteiger partial charge on any atom is -0.491 e. The Hall–Kier alpha value is -3.41. The van der Waals surface area contributed by atoms with Crippen LogP contribution in [-0.2, 0) is 0 Å². The molecule has 0 aliphatic heterocycles. The first-order valence-corrected chi connectivity index (χ1v) is 9.58. The lowest BCUT2D eigenvalue weighted by Crippen LogP contribution is -2.15. The quantitative estimate of drug-likeness (QED) is 0.606. The van der Waals surface area contributed by atoms with Gasteiger partial charge in [0.25, 0.3) is 5.91 Å². The summed E-state index contributed by atoms with van der Waals surface area (Å²) >= 11 is 0. The van der Waals surface area contributed by atoms with E-state index in [1.54, 1.807) is 18.2 Å². The molecule has 1 aromatic heterocycles. The number of nitrogens with zero attached hydrogens (tertiary/aromatic N) is 2. The van der Waals surface area contributed by atoms with E-state index in [1.807, 2.05) is 65.0 Å². The van der Waals surface area contributed by atoms with Gasteiger partial charge in [0.2, 0.25) is 5.95 Å². The van der Waals surface area contributed by atoms with Crippen LogP contribution in [0, 0.1) is 20.8 Å². The molecule has 29 heavy (non-hydrogen) atoms. The number of aromatic nitrogens is 2. The number of carbonyl (C=O) groups excluding carboxylic acids is 1. The van der Waals surface area contributed by atoms with Crippen molar-refractivity contribution in [3.05, 3.63) is 71.0 Å². The normalized spacial score (nSPS) is 10.7. The van der Waals surface area contributed by atoms with Crippen molar-refractivity contribution in [3.8, 4) is 5.75 Å². The van der Waals surface area contributed by atoms with Crippen LogP contribution >= 0.6 is 0 Å². The fraction of sp³-hybridized carbons (Fsp3) is 0.261. The van der Waals surface area contributed by atoms with E-state index in [4.69, 9.17) is 4.74 Å². The number of hydrogen-bond acceptors (Lipinski definition) is 5. The van der Waals surface area contributed by atoms with E-state index in [1.165, 1.54) is 0 Å². The first-order chi connectivity index (χ1) is 13.8. The molecule has 0 atom stereocenters. The summed E-state index contributed by atoms with van der Waals surface area (Å²) in [6.07, 6.45) is 0.0994. The third kappa shape index (κ3) is 5.54. The van der Waals surface area contributed by atoms with Crippen molar-refractivity contribution in [1.82, 2.24) is 9.97 Å². The summed E-state index contributed by atoms with van der Waals surface area (Å²) in [6, 6.07) is 15.0. The molecular weight excluding hydrogens is 364 g/mol. The Morgan fingerprint density at radius 3 is 2.38 bits per heavy atom. The van der Waals surface area contributed by atoms with Crippen molar-refractivity contribution in [2.24, 2.45) is 0 Å². The second kappa shape index (κ2) is 8.73. The van der Waals surface area contributed by atoms with E-state index >= 15 is 0 Å². The van der Waals surface area contributed by atoms with Crippen LogP contribution in [0.25, 0.3) is 0 Å². The van der Waals surface area contributed by atoms with Gasteiger partial charge in [-0.05, 0) is 82.1 Å². The maximum Gasteiger partial charge on any atom is 0.274 e. The molecule has 3 aromatic rings. The predicted molar refractivity (Wildman–Crippen MR) is 116 cm³/mol. The molecule has 6 nitrogen and oxygen atoms in total. The van der Waals surface area contributed by atoms with Crippen LogP contribution in [0.2, 0.25) is 0 Å². The zero-order chi connectivity index (χ0) is 21.0. The van der Waals surface area contributed by atoms with E-state index in [0.717, 1.165) is 22.6 Å². The minimum absolute atomic E-state index is 0.0994. The minimum atomic E-state index is -0.294. The smallest absolute Gasteiger partial charge is 0.274 e. The lowest BCUT2D eigenvalue weighted by molar-refractivity contribution is 0.102. The molecule has 0 spiro atoms. The van der Waals surface area contributed by atoms with Gasteiger partial charge in [-0.1, -0.05) is 12.1 Å². The molecule has 150 valence electrons. The SMILES string of the molecule is Cc1ccc(C)c(Nc2nc(C)cc(C(=O)Nc3ccc(OC(C)C)cc3)n2)c1. The van der Waals surface area contributed by atoms with E-state index in [-0.39, 0.29) is 12.0 Å². The first kappa shape index (κ1) is 20.3. The highest BCUT2D eigenvalue weighted by atomic mass is 16.5. The largest absolute Gasteiger partial charge is 0.491 e. The molecular formula is C23H26N4O2. The van der Waals surface area contributed by atoms with Crippen molar-refractivity contribution in [1.29, 1.82) is 0 Å². The van der Waals surface area contributed by atoms with Crippen molar-refractivity contribution in [2.45, 2.75) is 40.7 Å². The summed E-state index contributed by atoms with van der Waals surface area (Å²) in [6.45, 7) is 9.81. The van der Waals surface area contributed by atoms with E-state index in [2.05, 4.69) is 20.6 Å². The fourth-order valence-electron chi connectivity index (χ4n) is 2.82. The Labute approximate surface area is 171 Å². The number of ether oxygens (including phenoxy) is 1. The number of benzene rings is 2. The van der Waals surface area contributed by atoms with Crippen LogP contribution < -0.4 is 15.4 Å². The molecule has 0 saturated heterocycles. The van der Waals surface area contributed by atoms with Crippen LogP contribution in [0.3, 0.4) is 0 Å². The summed E-state index contributed by atoms with van der Waals surface area (Å²) in [5.41, 5.74) is 4.81. The molecule has 2 aromatic carbocycles. The topological polar surface area (TPSA) is 76.1 Å². The fourth-order valence-corrected chi connectivity index (χ4v) is 2.82. The highest BCUT2D eigenvalue weighted by Gasteiger charge is 2.12. The standard InChI is InChI=1S/C23H26N4O2/c1-14(2)29-19-10-8-18(9-11-19)25-22(28)21-13-17(5)24-23(27-21)26-20-12-15(3)6-7-16(20)4/h6-14H,1-5H3,(H,25,28)(H,24,26,27). The lowest BCUT2D eigenvalue weighted by atomic mass is 10.1. The Kier molecular flexibility index (Phi) is 6.12. The lowest BCUT2D eigenvalue weighted by Gasteiger charge is -2.12. The monoisotopic (exact) mass is 390 g/mol. The van der Waals surface area contributed by atoms with Gasteiger partial charge >= 0.3 is 0 Å². The molecule has 1 heterocycles. The van der Waals surface area contributed by atoms with Crippen LogP contribution in [0.1, 0.15) is 41.2 Å². The van der Waals surface area contributed by atoms with Crippen molar-refractivity contribution in [3.63, 3.8) is 0 Å². The first-order valence-electron chi connectivity index (χ1n) is 9.58. The number of aryl methyl sites for hydroxylation is 3. The van der Waals surface area contributed by atoms with Crippen molar-refractivity contribution < 1.29 is 9.53 Å². The van der Waals surface area contributed by atoms with Gasteiger partial charge in [0, 0.05) is 17.1 Å². The molecule has 2 N–H and O–H groups in total. The number of amides is 1. The van der Waals surface area contributed by atoms with E-state index in [0.29, 0.717) is 23.0 Å². The molecule has 1 amide bonds. The summed E-state index contributed by atoms with van der Waals surface area (Å²) in [4.78, 5) is 21.5. The predicted octanol–water partition coefficient (Wildman–Crippen LogP) is 5.18.